The van der Waals surface area contributed by atoms with Gasteiger partial charge in [-0.2, -0.15) is 0 Å². The summed E-state index contributed by atoms with van der Waals surface area (Å²) in [7, 11) is 1.80. The first-order chi connectivity index (χ1) is 9.63. The van der Waals surface area contributed by atoms with Crippen molar-refractivity contribution < 1.29 is 4.79 Å². The van der Waals surface area contributed by atoms with Crippen molar-refractivity contribution in [2.45, 2.75) is 32.7 Å². The number of aryl methyl sites for hydroxylation is 1. The molecule has 0 spiro atoms. The number of carbonyl (C=O) groups excluding carboxylic acids is 1. The smallest absolute Gasteiger partial charge is 0.251 e. The van der Waals surface area contributed by atoms with Crippen LogP contribution in [0.5, 0.6) is 0 Å². The third kappa shape index (κ3) is 3.93. The molecule has 5 heteroatoms. The van der Waals surface area contributed by atoms with E-state index in [-0.39, 0.29) is 5.91 Å². The van der Waals surface area contributed by atoms with Gasteiger partial charge in [-0.15, -0.1) is 0 Å². The van der Waals surface area contributed by atoms with Gasteiger partial charge in [-0.1, -0.05) is 6.92 Å². The lowest BCUT2D eigenvalue weighted by molar-refractivity contribution is 0.0948. The third-order valence-corrected chi connectivity index (χ3v) is 3.63. The molecule has 1 heterocycles. The normalized spacial score (nSPS) is 14.4. The molecule has 2 rings (SSSR count). The summed E-state index contributed by atoms with van der Waals surface area (Å²) in [6, 6.07) is 4.34. The average Bonchev–Trinajstić information content (AvgIpc) is 3.27. The molecule has 0 radical (unpaired) electrons. The minimum atomic E-state index is -0.0288. The molecule has 2 N–H and O–H groups in total. The van der Waals surface area contributed by atoms with Crippen molar-refractivity contribution in [1.82, 2.24) is 15.2 Å². The topological polar surface area (TPSA) is 57.3 Å². The van der Waals surface area contributed by atoms with E-state index >= 15 is 0 Å². The van der Waals surface area contributed by atoms with Gasteiger partial charge in [0.15, 0.2) is 0 Å². The molecule has 1 amide bonds. The number of hydrogen-bond acceptors (Lipinski definition) is 4. The van der Waals surface area contributed by atoms with E-state index in [4.69, 9.17) is 0 Å². The highest BCUT2D eigenvalue weighted by Gasteiger charge is 2.27. The summed E-state index contributed by atoms with van der Waals surface area (Å²) in [6.07, 6.45) is 2.60. The predicted molar refractivity (Wildman–Crippen MR) is 81.1 cm³/mol. The van der Waals surface area contributed by atoms with Crippen LogP contribution < -0.4 is 10.6 Å². The Morgan fingerprint density at radius 2 is 2.20 bits per heavy atom. The maximum atomic E-state index is 12.1. The van der Waals surface area contributed by atoms with Crippen molar-refractivity contribution in [1.29, 1.82) is 0 Å². The number of amides is 1. The molecule has 0 aliphatic heterocycles. The second kappa shape index (κ2) is 6.70. The summed E-state index contributed by atoms with van der Waals surface area (Å²) >= 11 is 0. The van der Waals surface area contributed by atoms with E-state index in [9.17, 15) is 4.79 Å². The van der Waals surface area contributed by atoms with Crippen LogP contribution in [0, 0.1) is 6.92 Å². The van der Waals surface area contributed by atoms with Crippen LogP contribution in [0.25, 0.3) is 0 Å². The van der Waals surface area contributed by atoms with Crippen LogP contribution in [0.2, 0.25) is 0 Å². The van der Waals surface area contributed by atoms with Crippen LogP contribution in [-0.4, -0.2) is 48.5 Å². The Morgan fingerprint density at radius 3 is 2.80 bits per heavy atom. The van der Waals surface area contributed by atoms with E-state index in [2.05, 4.69) is 27.4 Å². The van der Waals surface area contributed by atoms with Gasteiger partial charge in [-0.05, 0) is 38.4 Å². The summed E-state index contributed by atoms with van der Waals surface area (Å²) in [4.78, 5) is 18.9. The number of pyridine rings is 1. The van der Waals surface area contributed by atoms with Crippen LogP contribution in [0.1, 0.15) is 35.8 Å². The molecule has 1 aromatic rings. The number of rotatable bonds is 7. The molecule has 0 bridgehead atoms. The van der Waals surface area contributed by atoms with E-state index in [0.29, 0.717) is 12.1 Å². The van der Waals surface area contributed by atoms with Crippen molar-refractivity contribution in [3.05, 3.63) is 23.4 Å². The minimum absolute atomic E-state index is 0.0288. The van der Waals surface area contributed by atoms with E-state index in [1.54, 1.807) is 13.1 Å². The first-order valence-corrected chi connectivity index (χ1v) is 7.32. The minimum Gasteiger partial charge on any atom is -0.373 e. The van der Waals surface area contributed by atoms with Crippen LogP contribution in [0.4, 0.5) is 5.82 Å². The highest BCUT2D eigenvalue weighted by molar-refractivity contribution is 5.94. The summed E-state index contributed by atoms with van der Waals surface area (Å²) in [6.45, 7) is 6.74. The second-order valence-corrected chi connectivity index (χ2v) is 5.25. The lowest BCUT2D eigenvalue weighted by Crippen LogP contribution is -2.36. The van der Waals surface area contributed by atoms with Crippen molar-refractivity contribution in [3.8, 4) is 0 Å². The first-order valence-electron chi connectivity index (χ1n) is 7.32. The average molecular weight is 276 g/mol. The van der Waals surface area contributed by atoms with Crippen molar-refractivity contribution >= 4 is 11.7 Å². The molecule has 1 fully saturated rings. The molecule has 0 unspecified atom stereocenters. The molecule has 110 valence electrons. The van der Waals surface area contributed by atoms with Gasteiger partial charge >= 0.3 is 0 Å². The van der Waals surface area contributed by atoms with Gasteiger partial charge in [0.25, 0.3) is 5.91 Å². The van der Waals surface area contributed by atoms with Crippen LogP contribution in [0.15, 0.2) is 12.1 Å². The molecule has 0 saturated heterocycles. The monoisotopic (exact) mass is 276 g/mol. The van der Waals surface area contributed by atoms with Crippen LogP contribution >= 0.6 is 0 Å². The molecule has 1 aliphatic carbocycles. The molecular weight excluding hydrogens is 252 g/mol. The fourth-order valence-corrected chi connectivity index (χ4v) is 2.38. The fraction of sp³-hybridized carbons (Fsp3) is 0.600. The van der Waals surface area contributed by atoms with Gasteiger partial charge in [-0.3, -0.25) is 9.69 Å². The van der Waals surface area contributed by atoms with Crippen LogP contribution in [-0.2, 0) is 0 Å². The highest BCUT2D eigenvalue weighted by Crippen LogP contribution is 2.25. The number of aromatic nitrogens is 1. The van der Waals surface area contributed by atoms with Crippen molar-refractivity contribution in [3.63, 3.8) is 0 Å². The molecule has 1 aromatic heterocycles. The Morgan fingerprint density at radius 1 is 1.45 bits per heavy atom. The number of nitrogens with zero attached hydrogens (tertiary/aromatic N) is 2. The SMILES string of the molecule is CCN(CCNC(=O)c1cc(C)nc(NC)c1)C1CC1. The number of anilines is 1. The Hall–Kier alpha value is -1.62. The Labute approximate surface area is 120 Å². The Balaban J connectivity index is 1.86. The summed E-state index contributed by atoms with van der Waals surface area (Å²) in [5, 5.41) is 5.96. The number of hydrogen-bond donors (Lipinski definition) is 2. The molecule has 20 heavy (non-hydrogen) atoms. The van der Waals surface area contributed by atoms with Gasteiger partial charge < -0.3 is 10.6 Å². The van der Waals surface area contributed by atoms with E-state index in [0.717, 1.165) is 30.6 Å². The lowest BCUT2D eigenvalue weighted by atomic mass is 10.2. The quantitative estimate of drug-likeness (QED) is 0.795. The molecule has 0 atom stereocenters. The molecule has 5 nitrogen and oxygen atoms in total. The predicted octanol–water partition coefficient (Wildman–Crippen LogP) is 1.65. The van der Waals surface area contributed by atoms with E-state index in [1.807, 2.05) is 13.0 Å². The zero-order valence-corrected chi connectivity index (χ0v) is 12.6. The molecule has 1 aliphatic rings. The second-order valence-electron chi connectivity index (χ2n) is 5.25. The van der Waals surface area contributed by atoms with E-state index < -0.39 is 0 Å². The van der Waals surface area contributed by atoms with Gasteiger partial charge in [0.1, 0.15) is 5.82 Å². The van der Waals surface area contributed by atoms with Gasteiger partial charge in [0.2, 0.25) is 0 Å². The van der Waals surface area contributed by atoms with Gasteiger partial charge in [0.05, 0.1) is 0 Å². The van der Waals surface area contributed by atoms with Crippen molar-refractivity contribution in [2.75, 3.05) is 32.0 Å². The number of likely N-dealkylation sites (N-methyl/N-ethyl adjacent to an activating group) is 1. The summed E-state index contributed by atoms with van der Waals surface area (Å²) in [5.74, 6) is 0.696. The zero-order valence-electron chi connectivity index (χ0n) is 12.6. The number of nitrogens with one attached hydrogen (secondary N) is 2. The third-order valence-electron chi connectivity index (χ3n) is 3.63. The highest BCUT2D eigenvalue weighted by atomic mass is 16.1. The lowest BCUT2D eigenvalue weighted by Gasteiger charge is -2.19. The summed E-state index contributed by atoms with van der Waals surface area (Å²) in [5.41, 5.74) is 1.51. The van der Waals surface area contributed by atoms with E-state index in [1.165, 1.54) is 12.8 Å². The maximum absolute atomic E-state index is 12.1. The Bertz CT molecular complexity index is 471. The Kier molecular flexibility index (Phi) is 4.95. The van der Waals surface area contributed by atoms with Gasteiger partial charge in [-0.25, -0.2) is 4.98 Å². The standard InChI is InChI=1S/C15H24N4O/c1-4-19(13-5-6-13)8-7-17-15(20)12-9-11(2)18-14(10-12)16-3/h9-10,13H,4-8H2,1-3H3,(H,16,18)(H,17,20). The largest absolute Gasteiger partial charge is 0.373 e. The van der Waals surface area contributed by atoms with Gasteiger partial charge in [0, 0.05) is 37.4 Å². The molecule has 0 aromatic carbocycles. The molecule has 1 saturated carbocycles. The van der Waals surface area contributed by atoms with Crippen molar-refractivity contribution in [2.24, 2.45) is 0 Å². The maximum Gasteiger partial charge on any atom is 0.251 e. The fourth-order valence-electron chi connectivity index (χ4n) is 2.38. The summed E-state index contributed by atoms with van der Waals surface area (Å²) < 4.78 is 0. The number of carbonyl (C=O) groups is 1. The zero-order chi connectivity index (χ0) is 14.5. The first kappa shape index (κ1) is 14.8. The molecular formula is C15H24N4O. The van der Waals surface area contributed by atoms with Crippen LogP contribution in [0.3, 0.4) is 0 Å².